The van der Waals surface area contributed by atoms with Gasteiger partial charge in [-0.1, -0.05) is 37.3 Å². The van der Waals surface area contributed by atoms with E-state index in [1.165, 1.54) is 0 Å². The first-order valence-electron chi connectivity index (χ1n) is 8.32. The van der Waals surface area contributed by atoms with Crippen LogP contribution in [0, 0.1) is 5.92 Å². The van der Waals surface area contributed by atoms with Gasteiger partial charge in [0.15, 0.2) is 0 Å². The summed E-state index contributed by atoms with van der Waals surface area (Å²) in [5, 5.41) is 2.90. The van der Waals surface area contributed by atoms with Crippen molar-refractivity contribution in [3.8, 4) is 0 Å². The Balaban J connectivity index is 1.82. The summed E-state index contributed by atoms with van der Waals surface area (Å²) in [6.07, 6.45) is 2.67. The maximum absolute atomic E-state index is 12.4. The van der Waals surface area contributed by atoms with Crippen LogP contribution in [-0.2, 0) is 21.2 Å². The second-order valence-corrected chi connectivity index (χ2v) is 8.10. The smallest absolute Gasteiger partial charge is 0.223 e. The summed E-state index contributed by atoms with van der Waals surface area (Å²) in [5.74, 6) is 0.138. The summed E-state index contributed by atoms with van der Waals surface area (Å²) in [6.45, 7) is 3.60. The van der Waals surface area contributed by atoms with Gasteiger partial charge in [0.1, 0.15) is 0 Å². The van der Waals surface area contributed by atoms with E-state index in [-0.39, 0.29) is 17.6 Å². The Morgan fingerprint density at radius 1 is 1.22 bits per heavy atom. The number of carbonyl (C=O) groups is 1. The summed E-state index contributed by atoms with van der Waals surface area (Å²) >= 11 is 0. The highest BCUT2D eigenvalue weighted by molar-refractivity contribution is 7.89. The lowest BCUT2D eigenvalue weighted by atomic mass is 9.97. The fraction of sp³-hybridized carbons (Fsp3) is 0.588. The Labute approximate surface area is 139 Å². The number of hydrogen-bond donors (Lipinski definition) is 1. The average molecular weight is 338 g/mol. The molecule has 0 atom stereocenters. The number of carbonyl (C=O) groups excluding carboxylic acids is 1. The van der Waals surface area contributed by atoms with Crippen molar-refractivity contribution in [2.45, 2.75) is 32.6 Å². The number of benzene rings is 1. The number of aryl methyl sites for hydroxylation is 1. The summed E-state index contributed by atoms with van der Waals surface area (Å²) in [6, 6.07) is 9.65. The van der Waals surface area contributed by atoms with Crippen LogP contribution < -0.4 is 5.32 Å². The SMILES string of the molecule is CCCNC(=O)C1CCN(S(=O)(=O)CCc2ccccc2)CC1. The van der Waals surface area contributed by atoms with Gasteiger partial charge >= 0.3 is 0 Å². The summed E-state index contributed by atoms with van der Waals surface area (Å²) < 4.78 is 26.4. The average Bonchev–Trinajstić information content (AvgIpc) is 2.59. The van der Waals surface area contributed by atoms with E-state index in [4.69, 9.17) is 0 Å². The van der Waals surface area contributed by atoms with Crippen LogP contribution in [0.5, 0.6) is 0 Å². The molecule has 0 aromatic heterocycles. The lowest BCUT2D eigenvalue weighted by Gasteiger charge is -2.30. The molecule has 5 nitrogen and oxygen atoms in total. The van der Waals surface area contributed by atoms with Crippen molar-refractivity contribution in [1.82, 2.24) is 9.62 Å². The molecular formula is C17H26N2O3S. The molecule has 1 aromatic carbocycles. The first kappa shape index (κ1) is 17.9. The van der Waals surface area contributed by atoms with E-state index in [1.54, 1.807) is 4.31 Å². The van der Waals surface area contributed by atoms with Crippen molar-refractivity contribution < 1.29 is 13.2 Å². The topological polar surface area (TPSA) is 66.5 Å². The molecule has 1 aromatic rings. The van der Waals surface area contributed by atoms with E-state index in [2.05, 4.69) is 5.32 Å². The molecule has 0 aliphatic carbocycles. The highest BCUT2D eigenvalue weighted by Gasteiger charge is 2.30. The van der Waals surface area contributed by atoms with Crippen LogP contribution in [0.1, 0.15) is 31.7 Å². The third-order valence-electron chi connectivity index (χ3n) is 4.26. The molecule has 128 valence electrons. The number of rotatable bonds is 7. The summed E-state index contributed by atoms with van der Waals surface area (Å²) in [7, 11) is -3.25. The minimum atomic E-state index is -3.25. The van der Waals surface area contributed by atoms with Gasteiger partial charge in [-0.2, -0.15) is 0 Å². The Morgan fingerprint density at radius 2 is 1.87 bits per heavy atom. The molecule has 1 fully saturated rings. The highest BCUT2D eigenvalue weighted by Crippen LogP contribution is 2.20. The molecule has 0 saturated carbocycles. The number of piperidine rings is 1. The lowest BCUT2D eigenvalue weighted by molar-refractivity contribution is -0.126. The van der Waals surface area contributed by atoms with E-state index >= 15 is 0 Å². The van der Waals surface area contributed by atoms with Crippen molar-refractivity contribution in [1.29, 1.82) is 0 Å². The summed E-state index contributed by atoms with van der Waals surface area (Å²) in [5.41, 5.74) is 1.03. The van der Waals surface area contributed by atoms with Gasteiger partial charge in [-0.3, -0.25) is 4.79 Å². The van der Waals surface area contributed by atoms with Gasteiger partial charge in [-0.05, 0) is 31.2 Å². The van der Waals surface area contributed by atoms with E-state index in [0.717, 1.165) is 12.0 Å². The van der Waals surface area contributed by atoms with Crippen LogP contribution in [0.15, 0.2) is 30.3 Å². The van der Waals surface area contributed by atoms with Gasteiger partial charge in [0, 0.05) is 25.6 Å². The monoisotopic (exact) mass is 338 g/mol. The Kier molecular flexibility index (Phi) is 6.59. The van der Waals surface area contributed by atoms with E-state index in [1.807, 2.05) is 37.3 Å². The largest absolute Gasteiger partial charge is 0.356 e. The fourth-order valence-electron chi connectivity index (χ4n) is 2.81. The van der Waals surface area contributed by atoms with Crippen LogP contribution in [0.3, 0.4) is 0 Å². The van der Waals surface area contributed by atoms with E-state index < -0.39 is 10.0 Å². The van der Waals surface area contributed by atoms with Crippen LogP contribution in [-0.4, -0.2) is 44.0 Å². The molecule has 6 heteroatoms. The number of sulfonamides is 1. The lowest BCUT2D eigenvalue weighted by Crippen LogP contribution is -2.44. The molecule has 1 aliphatic heterocycles. The standard InChI is InChI=1S/C17H26N2O3S/c1-2-11-18-17(20)16-8-12-19(13-9-16)23(21,22)14-10-15-6-4-3-5-7-15/h3-7,16H,2,8-14H2,1H3,(H,18,20). The van der Waals surface area contributed by atoms with Gasteiger partial charge in [0.2, 0.25) is 15.9 Å². The molecule has 1 heterocycles. The highest BCUT2D eigenvalue weighted by atomic mass is 32.2. The second-order valence-electron chi connectivity index (χ2n) is 6.02. The van der Waals surface area contributed by atoms with Crippen LogP contribution >= 0.6 is 0 Å². The van der Waals surface area contributed by atoms with Gasteiger partial charge in [0.25, 0.3) is 0 Å². The number of amides is 1. The third-order valence-corrected chi connectivity index (χ3v) is 6.13. The maximum Gasteiger partial charge on any atom is 0.223 e. The molecular weight excluding hydrogens is 312 g/mol. The zero-order valence-corrected chi connectivity index (χ0v) is 14.5. The molecule has 1 saturated heterocycles. The molecule has 1 N–H and O–H groups in total. The molecule has 1 aliphatic rings. The van der Waals surface area contributed by atoms with Crippen LogP contribution in [0.4, 0.5) is 0 Å². The molecule has 23 heavy (non-hydrogen) atoms. The first-order chi connectivity index (χ1) is 11.0. The predicted octanol–water partition coefficient (Wildman–Crippen LogP) is 1.80. The second kappa shape index (κ2) is 8.45. The van der Waals surface area contributed by atoms with Crippen molar-refractivity contribution in [2.24, 2.45) is 5.92 Å². The van der Waals surface area contributed by atoms with Crippen molar-refractivity contribution in [3.63, 3.8) is 0 Å². The predicted molar refractivity (Wildman–Crippen MR) is 91.5 cm³/mol. The van der Waals surface area contributed by atoms with Gasteiger partial charge in [-0.15, -0.1) is 0 Å². The van der Waals surface area contributed by atoms with Crippen molar-refractivity contribution in [3.05, 3.63) is 35.9 Å². The van der Waals surface area contributed by atoms with Gasteiger partial charge < -0.3 is 5.32 Å². The van der Waals surface area contributed by atoms with Crippen LogP contribution in [0.2, 0.25) is 0 Å². The fourth-order valence-corrected chi connectivity index (χ4v) is 4.33. The number of hydrogen-bond acceptors (Lipinski definition) is 3. The normalized spacial score (nSPS) is 17.1. The van der Waals surface area contributed by atoms with Crippen molar-refractivity contribution in [2.75, 3.05) is 25.4 Å². The Morgan fingerprint density at radius 3 is 2.48 bits per heavy atom. The third kappa shape index (κ3) is 5.32. The quantitative estimate of drug-likeness (QED) is 0.824. The Bertz CT molecular complexity index is 594. The molecule has 0 unspecified atom stereocenters. The molecule has 0 radical (unpaired) electrons. The molecule has 0 bridgehead atoms. The van der Waals surface area contributed by atoms with Gasteiger partial charge in [-0.25, -0.2) is 12.7 Å². The first-order valence-corrected chi connectivity index (χ1v) is 9.93. The molecule has 0 spiro atoms. The maximum atomic E-state index is 12.4. The number of nitrogens with zero attached hydrogens (tertiary/aromatic N) is 1. The van der Waals surface area contributed by atoms with Crippen LogP contribution in [0.25, 0.3) is 0 Å². The Hall–Kier alpha value is -1.40. The number of nitrogens with one attached hydrogen (secondary N) is 1. The van der Waals surface area contributed by atoms with Gasteiger partial charge in [0.05, 0.1) is 5.75 Å². The zero-order chi connectivity index (χ0) is 16.7. The minimum Gasteiger partial charge on any atom is -0.356 e. The van der Waals surface area contributed by atoms with E-state index in [9.17, 15) is 13.2 Å². The van der Waals surface area contributed by atoms with E-state index in [0.29, 0.717) is 38.9 Å². The molecule has 2 rings (SSSR count). The zero-order valence-electron chi connectivity index (χ0n) is 13.7. The van der Waals surface area contributed by atoms with Crippen molar-refractivity contribution >= 4 is 15.9 Å². The molecule has 1 amide bonds. The minimum absolute atomic E-state index is 0.0536. The summed E-state index contributed by atoms with van der Waals surface area (Å²) in [4.78, 5) is 11.9.